The van der Waals surface area contributed by atoms with Crippen molar-refractivity contribution in [3.8, 4) is 0 Å². The molecular weight excluding hydrogens is 250 g/mol. The Morgan fingerprint density at radius 1 is 1.21 bits per heavy atom. The molecule has 2 heteroatoms. The number of thiophene rings is 1. The first-order chi connectivity index (χ1) is 9.38. The van der Waals surface area contributed by atoms with Crippen LogP contribution in [-0.4, -0.2) is 6.54 Å². The van der Waals surface area contributed by atoms with Gasteiger partial charge in [0.05, 0.1) is 0 Å². The molecule has 1 nitrogen and oxygen atoms in total. The van der Waals surface area contributed by atoms with Crippen molar-refractivity contribution >= 4 is 17.4 Å². The third-order valence-corrected chi connectivity index (χ3v) is 4.89. The molecule has 1 aromatic heterocycles. The highest BCUT2D eigenvalue weighted by Crippen LogP contribution is 2.31. The molecule has 0 amide bonds. The Kier molecular flexibility index (Phi) is 3.81. The van der Waals surface area contributed by atoms with Crippen LogP contribution < -0.4 is 5.73 Å². The molecule has 0 aliphatic heterocycles. The zero-order valence-corrected chi connectivity index (χ0v) is 11.8. The van der Waals surface area contributed by atoms with Crippen molar-refractivity contribution in [2.75, 3.05) is 6.54 Å². The van der Waals surface area contributed by atoms with Gasteiger partial charge in [-0.25, -0.2) is 0 Å². The average molecular weight is 269 g/mol. The van der Waals surface area contributed by atoms with Gasteiger partial charge < -0.3 is 5.73 Å². The van der Waals surface area contributed by atoms with Gasteiger partial charge in [-0.3, -0.25) is 0 Å². The van der Waals surface area contributed by atoms with Crippen LogP contribution in [-0.2, 0) is 12.8 Å². The molecule has 1 aliphatic carbocycles. The summed E-state index contributed by atoms with van der Waals surface area (Å²) >= 11 is 1.85. The van der Waals surface area contributed by atoms with Crippen molar-refractivity contribution in [1.82, 2.24) is 0 Å². The summed E-state index contributed by atoms with van der Waals surface area (Å²) in [5.74, 6) is 0.567. The van der Waals surface area contributed by atoms with Gasteiger partial charge in [-0.2, -0.15) is 0 Å². The molecule has 1 atom stereocenters. The number of allylic oxidation sites excluding steroid dienone is 1. The van der Waals surface area contributed by atoms with E-state index >= 15 is 0 Å². The summed E-state index contributed by atoms with van der Waals surface area (Å²) in [6.45, 7) is 0.760. The minimum absolute atomic E-state index is 0.567. The molecular formula is C17H19NS. The fourth-order valence-electron chi connectivity index (χ4n) is 2.89. The van der Waals surface area contributed by atoms with Gasteiger partial charge in [-0.1, -0.05) is 36.4 Å². The minimum atomic E-state index is 0.567. The molecule has 0 spiro atoms. The Morgan fingerprint density at radius 3 is 2.95 bits per heavy atom. The van der Waals surface area contributed by atoms with E-state index in [0.717, 1.165) is 25.8 Å². The second-order valence-electron chi connectivity index (χ2n) is 5.09. The molecule has 3 rings (SSSR count). The van der Waals surface area contributed by atoms with Crippen LogP contribution in [0.5, 0.6) is 0 Å². The second-order valence-corrected chi connectivity index (χ2v) is 6.06. The van der Waals surface area contributed by atoms with E-state index in [2.05, 4.69) is 47.9 Å². The molecule has 2 N–H and O–H groups in total. The molecule has 0 saturated heterocycles. The van der Waals surface area contributed by atoms with Crippen LogP contribution in [0.4, 0.5) is 0 Å². The molecule has 0 fully saturated rings. The predicted octanol–water partition coefficient (Wildman–Crippen LogP) is 3.99. The molecule has 1 aliphatic rings. The second kappa shape index (κ2) is 5.72. The highest BCUT2D eigenvalue weighted by atomic mass is 32.1. The molecule has 0 bridgehead atoms. The number of fused-ring (bicyclic) bond motifs is 1. The molecule has 0 unspecified atom stereocenters. The fourth-order valence-corrected chi connectivity index (χ4v) is 3.75. The van der Waals surface area contributed by atoms with Crippen molar-refractivity contribution < 1.29 is 0 Å². The molecule has 1 aromatic carbocycles. The summed E-state index contributed by atoms with van der Waals surface area (Å²) in [5, 5.41) is 2.16. The van der Waals surface area contributed by atoms with Gasteiger partial charge in [0, 0.05) is 4.88 Å². The lowest BCUT2D eigenvalue weighted by Crippen LogP contribution is -2.10. The maximum atomic E-state index is 5.79. The van der Waals surface area contributed by atoms with E-state index < -0.39 is 0 Å². The summed E-state index contributed by atoms with van der Waals surface area (Å²) in [4.78, 5) is 1.47. The maximum absolute atomic E-state index is 5.79. The fraction of sp³-hybridized carbons (Fsp3) is 0.294. The SMILES string of the molecule is NCC[C@H](Cc1cccc2c1CC=C2)c1cccs1. The normalized spacial score (nSPS) is 14.6. The van der Waals surface area contributed by atoms with Crippen LogP contribution in [0.25, 0.3) is 6.08 Å². The Hall–Kier alpha value is -1.38. The van der Waals surface area contributed by atoms with Crippen LogP contribution in [0, 0.1) is 0 Å². The van der Waals surface area contributed by atoms with Crippen LogP contribution in [0.1, 0.15) is 33.9 Å². The van der Waals surface area contributed by atoms with Crippen molar-refractivity contribution in [3.05, 3.63) is 63.4 Å². The topological polar surface area (TPSA) is 26.0 Å². The van der Waals surface area contributed by atoms with E-state index in [4.69, 9.17) is 5.73 Å². The van der Waals surface area contributed by atoms with Gasteiger partial charge in [0.15, 0.2) is 0 Å². The number of benzene rings is 1. The Balaban J connectivity index is 1.85. The van der Waals surface area contributed by atoms with Gasteiger partial charge >= 0.3 is 0 Å². The zero-order chi connectivity index (χ0) is 13.1. The quantitative estimate of drug-likeness (QED) is 0.872. The highest BCUT2D eigenvalue weighted by molar-refractivity contribution is 7.10. The van der Waals surface area contributed by atoms with Crippen molar-refractivity contribution in [2.45, 2.75) is 25.2 Å². The first-order valence-electron chi connectivity index (χ1n) is 6.89. The predicted molar refractivity (Wildman–Crippen MR) is 83.6 cm³/mol. The van der Waals surface area contributed by atoms with Crippen molar-refractivity contribution in [3.63, 3.8) is 0 Å². The zero-order valence-electron chi connectivity index (χ0n) is 11.0. The van der Waals surface area contributed by atoms with Gasteiger partial charge in [0.2, 0.25) is 0 Å². The monoisotopic (exact) mass is 269 g/mol. The summed E-state index contributed by atoms with van der Waals surface area (Å²) in [6, 6.07) is 11.1. The summed E-state index contributed by atoms with van der Waals surface area (Å²) in [6.07, 6.45) is 7.77. The molecule has 2 aromatic rings. The Morgan fingerprint density at radius 2 is 2.16 bits per heavy atom. The summed E-state index contributed by atoms with van der Waals surface area (Å²) < 4.78 is 0. The summed E-state index contributed by atoms with van der Waals surface area (Å²) in [7, 11) is 0. The molecule has 1 heterocycles. The number of hydrogen-bond acceptors (Lipinski definition) is 2. The highest BCUT2D eigenvalue weighted by Gasteiger charge is 2.16. The minimum Gasteiger partial charge on any atom is -0.330 e. The van der Waals surface area contributed by atoms with Gasteiger partial charge in [0.25, 0.3) is 0 Å². The van der Waals surface area contributed by atoms with Crippen LogP contribution >= 0.6 is 11.3 Å². The first kappa shape index (κ1) is 12.6. The Labute approximate surface area is 118 Å². The third-order valence-electron chi connectivity index (χ3n) is 3.86. The molecule has 0 radical (unpaired) electrons. The third kappa shape index (κ3) is 2.65. The number of hydrogen-bond donors (Lipinski definition) is 1. The van der Waals surface area contributed by atoms with Crippen LogP contribution in [0.15, 0.2) is 41.8 Å². The molecule has 98 valence electrons. The van der Waals surface area contributed by atoms with Gasteiger partial charge in [-0.05, 0) is 59.9 Å². The largest absolute Gasteiger partial charge is 0.330 e. The van der Waals surface area contributed by atoms with Crippen molar-refractivity contribution in [2.24, 2.45) is 5.73 Å². The van der Waals surface area contributed by atoms with E-state index in [-0.39, 0.29) is 0 Å². The van der Waals surface area contributed by atoms with Crippen LogP contribution in [0.3, 0.4) is 0 Å². The van der Waals surface area contributed by atoms with E-state index in [9.17, 15) is 0 Å². The number of rotatable bonds is 5. The van der Waals surface area contributed by atoms with Crippen molar-refractivity contribution in [1.29, 1.82) is 0 Å². The lowest BCUT2D eigenvalue weighted by atomic mass is 9.90. The maximum Gasteiger partial charge on any atom is 0.00799 e. The Bertz CT molecular complexity index is 569. The first-order valence-corrected chi connectivity index (χ1v) is 7.77. The lowest BCUT2D eigenvalue weighted by molar-refractivity contribution is 0.638. The summed E-state index contributed by atoms with van der Waals surface area (Å²) in [5.41, 5.74) is 10.2. The number of nitrogens with two attached hydrogens (primary N) is 1. The smallest absolute Gasteiger partial charge is 0.00799 e. The molecule has 19 heavy (non-hydrogen) atoms. The van der Waals surface area contributed by atoms with E-state index in [1.165, 1.54) is 21.6 Å². The van der Waals surface area contributed by atoms with E-state index in [1.54, 1.807) is 0 Å². The van der Waals surface area contributed by atoms with E-state index in [0.29, 0.717) is 5.92 Å². The van der Waals surface area contributed by atoms with E-state index in [1.807, 2.05) is 11.3 Å². The van der Waals surface area contributed by atoms with Gasteiger partial charge in [-0.15, -0.1) is 11.3 Å². The van der Waals surface area contributed by atoms with Crippen LogP contribution in [0.2, 0.25) is 0 Å². The average Bonchev–Trinajstić information content (AvgIpc) is 3.10. The molecule has 0 saturated carbocycles. The van der Waals surface area contributed by atoms with Gasteiger partial charge in [0.1, 0.15) is 0 Å². The standard InChI is InChI=1S/C17H19NS/c18-10-9-15(17-8-3-11-19-17)12-14-6-1-4-13-5-2-7-16(13)14/h1-6,8,11,15H,7,9-10,12,18H2/t15-/m1/s1. The lowest BCUT2D eigenvalue weighted by Gasteiger charge is -2.17.